The topological polar surface area (TPSA) is 44.1 Å². The number of carbonyl (C=O) groups is 1. The maximum atomic E-state index is 11.3. The van der Waals surface area contributed by atoms with Crippen molar-refractivity contribution in [3.05, 3.63) is 65.7 Å². The van der Waals surface area contributed by atoms with Gasteiger partial charge in [0.25, 0.3) is 0 Å². The number of benzene rings is 1. The molecule has 0 aliphatic carbocycles. The Bertz CT molecular complexity index is 789. The van der Waals surface area contributed by atoms with E-state index in [2.05, 4.69) is 9.84 Å². The molecule has 0 spiro atoms. The van der Waals surface area contributed by atoms with Crippen LogP contribution in [0.3, 0.4) is 0 Å². The second-order valence-electron chi connectivity index (χ2n) is 4.55. The van der Waals surface area contributed by atoms with Gasteiger partial charge >= 0.3 is 5.97 Å². The molecule has 3 aromatic rings. The molecule has 3 rings (SSSR count). The number of carbonyl (C=O) groups excluding carboxylic acids is 1. The third-order valence-electron chi connectivity index (χ3n) is 3.12. The van der Waals surface area contributed by atoms with Crippen molar-refractivity contribution in [2.45, 2.75) is 0 Å². The molecule has 0 bridgehead atoms. The highest BCUT2D eigenvalue weighted by molar-refractivity contribution is 7.13. The second-order valence-corrected chi connectivity index (χ2v) is 5.49. The molecule has 0 saturated carbocycles. The number of methoxy groups -OCH3 is 1. The van der Waals surface area contributed by atoms with Crippen molar-refractivity contribution >= 4 is 23.4 Å². The quantitative estimate of drug-likeness (QED) is 0.544. The Balaban J connectivity index is 2.05. The average molecular weight is 310 g/mol. The standard InChI is InChI=1S/C17H14N2O2S/c1-21-16(20)10-9-13-12-19(14-6-3-2-4-7-14)18-17(13)15-8-5-11-22-15/h2-12H,1H3/b10-9+. The number of ether oxygens (including phenoxy) is 1. The first-order chi connectivity index (χ1) is 10.8. The molecule has 0 aliphatic rings. The summed E-state index contributed by atoms with van der Waals surface area (Å²) in [5, 5.41) is 6.66. The highest BCUT2D eigenvalue weighted by Gasteiger charge is 2.11. The summed E-state index contributed by atoms with van der Waals surface area (Å²) in [6, 6.07) is 13.9. The molecular weight excluding hydrogens is 296 g/mol. The van der Waals surface area contributed by atoms with Crippen LogP contribution in [0, 0.1) is 0 Å². The van der Waals surface area contributed by atoms with E-state index in [1.165, 1.54) is 13.2 Å². The van der Waals surface area contributed by atoms with Crippen LogP contribution in [0.5, 0.6) is 0 Å². The summed E-state index contributed by atoms with van der Waals surface area (Å²) >= 11 is 1.61. The molecule has 0 amide bonds. The van der Waals surface area contributed by atoms with Gasteiger partial charge in [-0.2, -0.15) is 5.10 Å². The third kappa shape index (κ3) is 2.99. The highest BCUT2D eigenvalue weighted by Crippen LogP contribution is 2.28. The molecule has 110 valence electrons. The van der Waals surface area contributed by atoms with E-state index in [4.69, 9.17) is 0 Å². The van der Waals surface area contributed by atoms with Gasteiger partial charge in [-0.15, -0.1) is 11.3 Å². The van der Waals surface area contributed by atoms with Crippen LogP contribution in [0.4, 0.5) is 0 Å². The Morgan fingerprint density at radius 2 is 2.05 bits per heavy atom. The lowest BCUT2D eigenvalue weighted by molar-refractivity contribution is -0.134. The second kappa shape index (κ2) is 6.41. The lowest BCUT2D eigenvalue weighted by atomic mass is 10.2. The first kappa shape index (κ1) is 14.3. The van der Waals surface area contributed by atoms with E-state index in [1.807, 2.05) is 58.7 Å². The smallest absolute Gasteiger partial charge is 0.330 e. The van der Waals surface area contributed by atoms with Crippen molar-refractivity contribution in [3.63, 3.8) is 0 Å². The predicted molar refractivity (Wildman–Crippen MR) is 87.9 cm³/mol. The fraction of sp³-hybridized carbons (Fsp3) is 0.0588. The summed E-state index contributed by atoms with van der Waals surface area (Å²) in [7, 11) is 1.36. The van der Waals surface area contributed by atoms with Gasteiger partial charge in [0.05, 0.1) is 17.7 Å². The molecule has 0 aliphatic heterocycles. The minimum atomic E-state index is -0.385. The van der Waals surface area contributed by atoms with Gasteiger partial charge in [0, 0.05) is 17.8 Å². The minimum Gasteiger partial charge on any atom is -0.466 e. The summed E-state index contributed by atoms with van der Waals surface area (Å²) < 4.78 is 6.46. The Labute approximate surface area is 132 Å². The van der Waals surface area contributed by atoms with Crippen LogP contribution in [-0.2, 0) is 9.53 Å². The fourth-order valence-corrected chi connectivity index (χ4v) is 2.78. The van der Waals surface area contributed by atoms with E-state index in [-0.39, 0.29) is 5.97 Å². The molecule has 0 unspecified atom stereocenters. The largest absolute Gasteiger partial charge is 0.466 e. The van der Waals surface area contributed by atoms with Gasteiger partial charge < -0.3 is 4.74 Å². The minimum absolute atomic E-state index is 0.385. The zero-order valence-corrected chi connectivity index (χ0v) is 12.8. The number of hydrogen-bond donors (Lipinski definition) is 0. The summed E-state index contributed by atoms with van der Waals surface area (Å²) in [5.74, 6) is -0.385. The predicted octanol–water partition coefficient (Wildman–Crippen LogP) is 3.79. The fourth-order valence-electron chi connectivity index (χ4n) is 2.05. The van der Waals surface area contributed by atoms with Crippen molar-refractivity contribution in [2.75, 3.05) is 7.11 Å². The van der Waals surface area contributed by atoms with Crippen LogP contribution in [0.25, 0.3) is 22.3 Å². The van der Waals surface area contributed by atoms with Crippen LogP contribution in [0.1, 0.15) is 5.56 Å². The van der Waals surface area contributed by atoms with Gasteiger partial charge in [-0.05, 0) is 29.7 Å². The van der Waals surface area contributed by atoms with Gasteiger partial charge in [-0.1, -0.05) is 24.3 Å². The number of rotatable bonds is 4. The summed E-state index contributed by atoms with van der Waals surface area (Å²) in [5.41, 5.74) is 2.69. The third-order valence-corrected chi connectivity index (χ3v) is 3.99. The molecule has 22 heavy (non-hydrogen) atoms. The van der Waals surface area contributed by atoms with Crippen LogP contribution in [0.2, 0.25) is 0 Å². The first-order valence-corrected chi connectivity index (χ1v) is 7.61. The monoisotopic (exact) mass is 310 g/mol. The van der Waals surface area contributed by atoms with Crippen LogP contribution in [-0.4, -0.2) is 22.9 Å². The van der Waals surface area contributed by atoms with Crippen LogP contribution in [0.15, 0.2) is 60.1 Å². The van der Waals surface area contributed by atoms with Crippen molar-refractivity contribution in [3.8, 4) is 16.3 Å². The number of hydrogen-bond acceptors (Lipinski definition) is 4. The normalized spacial score (nSPS) is 11.0. The molecule has 0 N–H and O–H groups in total. The van der Waals surface area contributed by atoms with E-state index >= 15 is 0 Å². The lowest BCUT2D eigenvalue weighted by Crippen LogP contribution is -1.93. The number of esters is 1. The molecule has 1 aromatic carbocycles. The zero-order valence-electron chi connectivity index (χ0n) is 12.0. The molecular formula is C17H14N2O2S. The molecule has 4 nitrogen and oxygen atoms in total. The van der Waals surface area contributed by atoms with E-state index in [9.17, 15) is 4.79 Å². The Hall–Kier alpha value is -2.66. The lowest BCUT2D eigenvalue weighted by Gasteiger charge is -1.99. The van der Waals surface area contributed by atoms with Gasteiger partial charge in [0.15, 0.2) is 0 Å². The maximum absolute atomic E-state index is 11.3. The summed E-state index contributed by atoms with van der Waals surface area (Å²) in [4.78, 5) is 12.4. The van der Waals surface area contributed by atoms with E-state index in [0.717, 1.165) is 21.8 Å². The van der Waals surface area contributed by atoms with Crippen molar-refractivity contribution in [2.24, 2.45) is 0 Å². The highest BCUT2D eigenvalue weighted by atomic mass is 32.1. The molecule has 0 radical (unpaired) electrons. The summed E-state index contributed by atoms with van der Waals surface area (Å²) in [6.45, 7) is 0. The van der Waals surface area contributed by atoms with Gasteiger partial charge in [0.2, 0.25) is 0 Å². The van der Waals surface area contributed by atoms with Crippen molar-refractivity contribution in [1.82, 2.24) is 9.78 Å². The van der Waals surface area contributed by atoms with E-state index in [0.29, 0.717) is 0 Å². The zero-order chi connectivity index (χ0) is 15.4. The number of thiophene rings is 1. The number of para-hydroxylation sites is 1. The molecule has 0 fully saturated rings. The number of aromatic nitrogens is 2. The molecule has 0 atom stereocenters. The van der Waals surface area contributed by atoms with Crippen molar-refractivity contribution < 1.29 is 9.53 Å². The Kier molecular flexibility index (Phi) is 4.16. The first-order valence-electron chi connectivity index (χ1n) is 6.73. The van der Waals surface area contributed by atoms with E-state index < -0.39 is 0 Å². The Morgan fingerprint density at radius 3 is 2.73 bits per heavy atom. The maximum Gasteiger partial charge on any atom is 0.330 e. The molecule has 5 heteroatoms. The van der Waals surface area contributed by atoms with Gasteiger partial charge in [-0.3, -0.25) is 0 Å². The van der Waals surface area contributed by atoms with Crippen LogP contribution >= 0.6 is 11.3 Å². The van der Waals surface area contributed by atoms with Crippen molar-refractivity contribution in [1.29, 1.82) is 0 Å². The summed E-state index contributed by atoms with van der Waals surface area (Å²) in [6.07, 6.45) is 5.04. The number of nitrogens with zero attached hydrogens (tertiary/aromatic N) is 2. The molecule has 2 aromatic heterocycles. The molecule has 0 saturated heterocycles. The Morgan fingerprint density at radius 1 is 1.23 bits per heavy atom. The SMILES string of the molecule is COC(=O)/C=C/c1cn(-c2ccccc2)nc1-c1cccs1. The molecule has 2 heterocycles. The van der Waals surface area contributed by atoms with Gasteiger partial charge in [-0.25, -0.2) is 9.48 Å². The van der Waals surface area contributed by atoms with Crippen LogP contribution < -0.4 is 0 Å². The average Bonchev–Trinajstić information content (AvgIpc) is 3.22. The van der Waals surface area contributed by atoms with Gasteiger partial charge in [0.1, 0.15) is 5.69 Å². The van der Waals surface area contributed by atoms with E-state index in [1.54, 1.807) is 17.4 Å².